The zero-order valence-corrected chi connectivity index (χ0v) is 16.8. The summed E-state index contributed by atoms with van der Waals surface area (Å²) in [6.07, 6.45) is -4.95. The van der Waals surface area contributed by atoms with E-state index in [1.165, 1.54) is 11.3 Å². The molecule has 1 unspecified atom stereocenters. The fourth-order valence-corrected chi connectivity index (χ4v) is 4.85. The van der Waals surface area contributed by atoms with Crippen molar-refractivity contribution in [3.63, 3.8) is 0 Å². The van der Waals surface area contributed by atoms with Crippen molar-refractivity contribution in [3.05, 3.63) is 52.7 Å². The highest BCUT2D eigenvalue weighted by atomic mass is 32.1. The summed E-state index contributed by atoms with van der Waals surface area (Å²) in [6.45, 7) is 0.179. The minimum atomic E-state index is -4.66. The van der Waals surface area contributed by atoms with E-state index in [9.17, 15) is 18.0 Å². The Bertz CT molecular complexity index is 975. The molecule has 1 amide bonds. The molecule has 0 bridgehead atoms. The molecule has 1 aliphatic heterocycles. The number of anilines is 1. The number of carbonyl (C=O) groups excluding carboxylic acids is 1. The van der Waals surface area contributed by atoms with Gasteiger partial charge >= 0.3 is 6.18 Å². The lowest BCUT2D eigenvalue weighted by atomic mass is 9.85. The average Bonchev–Trinajstić information content (AvgIpc) is 3.42. The van der Waals surface area contributed by atoms with Crippen LogP contribution in [0.4, 0.5) is 18.3 Å². The molecule has 152 valence electrons. The number of alkyl halides is 3. The number of nitrogens with one attached hydrogen (secondary N) is 1. The van der Waals surface area contributed by atoms with Gasteiger partial charge in [0.25, 0.3) is 0 Å². The van der Waals surface area contributed by atoms with E-state index < -0.39 is 17.5 Å². The Morgan fingerprint density at radius 2 is 2.00 bits per heavy atom. The van der Waals surface area contributed by atoms with Crippen molar-refractivity contribution in [1.82, 2.24) is 15.1 Å². The normalized spacial score (nSPS) is 20.1. The van der Waals surface area contributed by atoms with Gasteiger partial charge in [-0.15, -0.1) is 10.2 Å². The Morgan fingerprint density at radius 1 is 1.21 bits per heavy atom. The van der Waals surface area contributed by atoms with Crippen LogP contribution in [0.3, 0.4) is 0 Å². The number of thiophene rings is 1. The van der Waals surface area contributed by atoms with Gasteiger partial charge in [-0.1, -0.05) is 41.7 Å². The smallest absolute Gasteiger partial charge is 0.300 e. The zero-order valence-electron chi connectivity index (χ0n) is 15.1. The number of aromatic nitrogens is 2. The van der Waals surface area contributed by atoms with Crippen LogP contribution < -0.4 is 5.32 Å². The highest BCUT2D eigenvalue weighted by molar-refractivity contribution is 7.19. The molecule has 0 radical (unpaired) electrons. The van der Waals surface area contributed by atoms with Crippen LogP contribution in [-0.2, 0) is 11.3 Å². The van der Waals surface area contributed by atoms with E-state index in [-0.39, 0.29) is 24.6 Å². The first kappa shape index (κ1) is 20.0. The first-order chi connectivity index (χ1) is 13.9. The maximum absolute atomic E-state index is 14.0. The largest absolute Gasteiger partial charge is 0.404 e. The molecule has 1 N–H and O–H groups in total. The average molecular weight is 439 g/mol. The lowest BCUT2D eigenvalue weighted by molar-refractivity contribution is -0.215. The number of hydrogen-bond acceptors (Lipinski definition) is 6. The Labute approximate surface area is 173 Å². The van der Waals surface area contributed by atoms with Crippen molar-refractivity contribution in [2.24, 2.45) is 5.41 Å². The summed E-state index contributed by atoms with van der Waals surface area (Å²) in [5.41, 5.74) is -0.723. The summed E-state index contributed by atoms with van der Waals surface area (Å²) >= 11 is 2.54. The number of nitrogens with zero attached hydrogens (tertiary/aromatic N) is 3. The summed E-state index contributed by atoms with van der Waals surface area (Å²) < 4.78 is 42.0. The second-order valence-corrected chi connectivity index (χ2v) is 8.66. The number of amides is 1. The maximum atomic E-state index is 14.0. The van der Waals surface area contributed by atoms with Gasteiger partial charge in [0.15, 0.2) is 5.41 Å². The number of carbonyl (C=O) groups is 1. The predicted octanol–water partition coefficient (Wildman–Crippen LogP) is 4.66. The molecular weight excluding hydrogens is 421 g/mol. The Hall–Kier alpha value is -2.30. The highest BCUT2D eigenvalue weighted by Gasteiger charge is 2.63. The molecule has 1 aromatic carbocycles. The monoisotopic (exact) mass is 438 g/mol. The second-order valence-electron chi connectivity index (χ2n) is 6.90. The molecule has 4 rings (SSSR count). The van der Waals surface area contributed by atoms with Crippen molar-refractivity contribution < 1.29 is 18.0 Å². The number of benzene rings is 1. The van der Waals surface area contributed by atoms with Crippen LogP contribution >= 0.6 is 22.7 Å². The molecule has 1 saturated heterocycles. The van der Waals surface area contributed by atoms with Crippen LogP contribution in [0.5, 0.6) is 0 Å². The summed E-state index contributed by atoms with van der Waals surface area (Å²) in [4.78, 5) is 14.4. The summed E-state index contributed by atoms with van der Waals surface area (Å²) in [5.74, 6) is -1.08. The van der Waals surface area contributed by atoms with Crippen LogP contribution in [-0.4, -0.2) is 40.3 Å². The molecule has 1 aliphatic rings. The van der Waals surface area contributed by atoms with Crippen LogP contribution in [0.25, 0.3) is 10.6 Å². The summed E-state index contributed by atoms with van der Waals surface area (Å²) in [7, 11) is 0. The standard InChI is InChI=1S/C19H17F3N4OS2/c20-19(21,22)18(7-8-26(12-18)10-13-4-2-1-3-5-13)16(27)23-17-25-24-15(29-17)14-6-9-28-11-14/h1-6,9,11H,7-8,10,12H2,(H,23,25,27). The molecule has 3 aromatic rings. The Kier molecular flexibility index (Phi) is 5.41. The molecule has 0 spiro atoms. The molecule has 10 heteroatoms. The van der Waals surface area contributed by atoms with Crippen molar-refractivity contribution in [3.8, 4) is 10.6 Å². The molecule has 0 saturated carbocycles. The topological polar surface area (TPSA) is 58.1 Å². The van der Waals surface area contributed by atoms with Crippen LogP contribution in [0.2, 0.25) is 0 Å². The van der Waals surface area contributed by atoms with Gasteiger partial charge in [0, 0.05) is 24.0 Å². The zero-order chi connectivity index (χ0) is 20.5. The minimum absolute atomic E-state index is 0.0707. The maximum Gasteiger partial charge on any atom is 0.404 e. The molecule has 2 aromatic heterocycles. The number of halogens is 3. The van der Waals surface area contributed by atoms with Crippen LogP contribution in [0.15, 0.2) is 47.2 Å². The van der Waals surface area contributed by atoms with Crippen LogP contribution in [0.1, 0.15) is 12.0 Å². The van der Waals surface area contributed by atoms with Crippen molar-refractivity contribution >= 4 is 33.7 Å². The van der Waals surface area contributed by atoms with Gasteiger partial charge in [-0.25, -0.2) is 0 Å². The molecule has 3 heterocycles. The summed E-state index contributed by atoms with van der Waals surface area (Å²) in [6, 6.07) is 11.1. The lowest BCUT2D eigenvalue weighted by Crippen LogP contribution is -2.49. The molecule has 29 heavy (non-hydrogen) atoms. The predicted molar refractivity (Wildman–Crippen MR) is 107 cm³/mol. The van der Waals surface area contributed by atoms with E-state index in [1.807, 2.05) is 47.2 Å². The number of likely N-dealkylation sites (tertiary alicyclic amines) is 1. The highest BCUT2D eigenvalue weighted by Crippen LogP contribution is 2.46. The molecule has 1 fully saturated rings. The van der Waals surface area contributed by atoms with E-state index in [2.05, 4.69) is 15.5 Å². The molecule has 0 aliphatic carbocycles. The Balaban J connectivity index is 1.50. The molecule has 5 nitrogen and oxygen atoms in total. The van der Waals surface area contributed by atoms with Gasteiger partial charge in [-0.05, 0) is 30.0 Å². The lowest BCUT2D eigenvalue weighted by Gasteiger charge is -2.30. The fourth-order valence-electron chi connectivity index (χ4n) is 3.40. The van der Waals surface area contributed by atoms with E-state index in [0.717, 1.165) is 22.5 Å². The fraction of sp³-hybridized carbons (Fsp3) is 0.316. The van der Waals surface area contributed by atoms with Gasteiger partial charge in [0.05, 0.1) is 0 Å². The molecular formula is C19H17F3N4OS2. The minimum Gasteiger partial charge on any atom is -0.300 e. The van der Waals surface area contributed by atoms with Crippen molar-refractivity contribution in [1.29, 1.82) is 0 Å². The third-order valence-corrected chi connectivity index (χ3v) is 6.56. The summed E-state index contributed by atoms with van der Waals surface area (Å²) in [5, 5.41) is 14.5. The van der Waals surface area contributed by atoms with Gasteiger partial charge < -0.3 is 0 Å². The SMILES string of the molecule is O=C(Nc1nnc(-c2ccsc2)s1)C1(C(F)(F)F)CCN(Cc2ccccc2)C1. The quantitative estimate of drug-likeness (QED) is 0.630. The van der Waals surface area contributed by atoms with Crippen molar-refractivity contribution in [2.45, 2.75) is 19.1 Å². The molecule has 1 atom stereocenters. The van der Waals surface area contributed by atoms with Gasteiger partial charge in [-0.2, -0.15) is 24.5 Å². The van der Waals surface area contributed by atoms with Gasteiger partial charge in [0.1, 0.15) is 5.01 Å². The van der Waals surface area contributed by atoms with E-state index in [4.69, 9.17) is 0 Å². The van der Waals surface area contributed by atoms with Gasteiger partial charge in [-0.3, -0.25) is 15.0 Å². The van der Waals surface area contributed by atoms with E-state index in [0.29, 0.717) is 11.6 Å². The van der Waals surface area contributed by atoms with E-state index in [1.54, 1.807) is 4.90 Å². The third-order valence-electron chi connectivity index (χ3n) is 4.99. The van der Waals surface area contributed by atoms with Gasteiger partial charge in [0.2, 0.25) is 11.0 Å². The Morgan fingerprint density at radius 3 is 2.69 bits per heavy atom. The van der Waals surface area contributed by atoms with Crippen LogP contribution in [0, 0.1) is 5.41 Å². The third kappa shape index (κ3) is 4.05. The van der Waals surface area contributed by atoms with E-state index >= 15 is 0 Å². The number of rotatable bonds is 5. The first-order valence-corrected chi connectivity index (χ1v) is 10.6. The first-order valence-electron chi connectivity index (χ1n) is 8.88. The van der Waals surface area contributed by atoms with Crippen molar-refractivity contribution in [2.75, 3.05) is 18.4 Å². The second kappa shape index (κ2) is 7.85. The number of hydrogen-bond donors (Lipinski definition) is 1.